The molecule has 1 aromatic carbocycles. The summed E-state index contributed by atoms with van der Waals surface area (Å²) in [5.74, 6) is 0.513. The fourth-order valence-corrected chi connectivity index (χ4v) is 3.27. The van der Waals surface area contributed by atoms with Gasteiger partial charge in [0.15, 0.2) is 0 Å². The SMILES string of the molecule is COc1cc(Cl)c(C)cc1NC(=O)CCc1sc(C)nc1C. The number of carbonyl (C=O) groups excluding carboxylic acids is 1. The lowest BCUT2D eigenvalue weighted by atomic mass is 10.2. The van der Waals surface area contributed by atoms with E-state index in [2.05, 4.69) is 10.3 Å². The molecule has 2 aromatic rings. The molecule has 0 aliphatic heterocycles. The molecule has 0 unspecified atom stereocenters. The average Bonchev–Trinajstić information content (AvgIpc) is 2.78. The molecule has 22 heavy (non-hydrogen) atoms. The smallest absolute Gasteiger partial charge is 0.224 e. The molecule has 0 aliphatic rings. The summed E-state index contributed by atoms with van der Waals surface area (Å²) in [5, 5.41) is 4.53. The van der Waals surface area contributed by atoms with Gasteiger partial charge in [-0.2, -0.15) is 0 Å². The summed E-state index contributed by atoms with van der Waals surface area (Å²) in [4.78, 5) is 17.7. The Morgan fingerprint density at radius 3 is 2.68 bits per heavy atom. The molecule has 0 bridgehead atoms. The van der Waals surface area contributed by atoms with Crippen LogP contribution < -0.4 is 10.1 Å². The van der Waals surface area contributed by atoms with Gasteiger partial charge in [-0.3, -0.25) is 4.79 Å². The highest BCUT2D eigenvalue weighted by Gasteiger charge is 2.12. The van der Waals surface area contributed by atoms with Crippen LogP contribution in [0.15, 0.2) is 12.1 Å². The topological polar surface area (TPSA) is 51.2 Å². The molecule has 2 rings (SSSR count). The van der Waals surface area contributed by atoms with E-state index in [1.165, 1.54) is 0 Å². The van der Waals surface area contributed by atoms with Gasteiger partial charge in [0.25, 0.3) is 0 Å². The standard InChI is InChI=1S/C16H19ClN2O2S/c1-9-7-13(14(21-4)8-12(9)17)19-16(20)6-5-15-10(2)18-11(3)22-15/h7-8H,5-6H2,1-4H3,(H,19,20). The minimum Gasteiger partial charge on any atom is -0.495 e. The molecule has 6 heteroatoms. The third kappa shape index (κ3) is 3.99. The predicted molar refractivity (Wildman–Crippen MR) is 91.3 cm³/mol. The largest absolute Gasteiger partial charge is 0.495 e. The lowest BCUT2D eigenvalue weighted by Crippen LogP contribution is -2.13. The Morgan fingerprint density at radius 1 is 1.36 bits per heavy atom. The number of aromatic nitrogens is 1. The molecule has 1 aromatic heterocycles. The third-order valence-electron chi connectivity index (χ3n) is 3.33. The number of nitrogens with zero attached hydrogens (tertiary/aromatic N) is 1. The van der Waals surface area contributed by atoms with E-state index in [-0.39, 0.29) is 5.91 Å². The second-order valence-corrected chi connectivity index (χ2v) is 6.79. The van der Waals surface area contributed by atoms with Gasteiger partial charge >= 0.3 is 0 Å². The first-order valence-corrected chi connectivity index (χ1v) is 8.17. The molecule has 0 radical (unpaired) electrons. The number of benzene rings is 1. The summed E-state index contributed by atoms with van der Waals surface area (Å²) >= 11 is 7.71. The fourth-order valence-electron chi connectivity index (χ4n) is 2.18. The summed E-state index contributed by atoms with van der Waals surface area (Å²) in [6.45, 7) is 5.84. The Balaban J connectivity index is 2.03. The highest BCUT2D eigenvalue weighted by Crippen LogP contribution is 2.31. The molecule has 0 spiro atoms. The second-order valence-electron chi connectivity index (χ2n) is 5.09. The van der Waals surface area contributed by atoms with Crippen LogP contribution in [0.25, 0.3) is 0 Å². The van der Waals surface area contributed by atoms with Crippen molar-refractivity contribution in [2.24, 2.45) is 0 Å². The van der Waals surface area contributed by atoms with Gasteiger partial charge in [0.2, 0.25) is 5.91 Å². The van der Waals surface area contributed by atoms with Gasteiger partial charge in [0.1, 0.15) is 5.75 Å². The zero-order valence-corrected chi connectivity index (χ0v) is 14.7. The van der Waals surface area contributed by atoms with Crippen LogP contribution in [0.2, 0.25) is 5.02 Å². The van der Waals surface area contributed by atoms with Gasteiger partial charge in [-0.15, -0.1) is 11.3 Å². The number of carbonyl (C=O) groups is 1. The van der Waals surface area contributed by atoms with Crippen LogP contribution in [0, 0.1) is 20.8 Å². The fraction of sp³-hybridized carbons (Fsp3) is 0.375. The molecular formula is C16H19ClN2O2S. The number of anilines is 1. The van der Waals surface area contributed by atoms with E-state index in [1.54, 1.807) is 24.5 Å². The zero-order chi connectivity index (χ0) is 16.3. The van der Waals surface area contributed by atoms with Crippen LogP contribution in [0.5, 0.6) is 5.75 Å². The minimum absolute atomic E-state index is 0.0505. The molecular weight excluding hydrogens is 320 g/mol. The molecule has 0 saturated carbocycles. The number of methoxy groups -OCH3 is 1. The van der Waals surface area contributed by atoms with Crippen molar-refractivity contribution >= 4 is 34.5 Å². The Labute approximate surface area is 139 Å². The third-order valence-corrected chi connectivity index (χ3v) is 4.87. The monoisotopic (exact) mass is 338 g/mol. The van der Waals surface area contributed by atoms with Gasteiger partial charge in [-0.05, 0) is 38.8 Å². The van der Waals surface area contributed by atoms with Gasteiger partial charge < -0.3 is 10.1 Å². The Hall–Kier alpha value is -1.59. The first-order chi connectivity index (χ1) is 10.4. The lowest BCUT2D eigenvalue weighted by Gasteiger charge is -2.12. The van der Waals surface area contributed by atoms with Crippen molar-refractivity contribution in [1.82, 2.24) is 4.98 Å². The summed E-state index contributed by atoms with van der Waals surface area (Å²) in [5.41, 5.74) is 2.55. The van der Waals surface area contributed by atoms with Crippen LogP contribution >= 0.6 is 22.9 Å². The van der Waals surface area contributed by atoms with Crippen LogP contribution in [0.4, 0.5) is 5.69 Å². The number of aryl methyl sites for hydroxylation is 4. The van der Waals surface area contributed by atoms with Crippen LogP contribution in [0.1, 0.15) is 27.6 Å². The maximum Gasteiger partial charge on any atom is 0.224 e. The second kappa shape index (κ2) is 7.11. The first-order valence-electron chi connectivity index (χ1n) is 6.97. The quantitative estimate of drug-likeness (QED) is 0.884. The summed E-state index contributed by atoms with van der Waals surface area (Å²) in [6.07, 6.45) is 1.10. The number of amides is 1. The van der Waals surface area contributed by atoms with Crippen molar-refractivity contribution in [3.63, 3.8) is 0 Å². The van der Waals surface area contributed by atoms with Gasteiger partial charge in [0, 0.05) is 22.4 Å². The summed E-state index contributed by atoms with van der Waals surface area (Å²) < 4.78 is 5.26. The first kappa shape index (κ1) is 16.8. The Kier molecular flexibility index (Phi) is 5.42. The lowest BCUT2D eigenvalue weighted by molar-refractivity contribution is -0.116. The van der Waals surface area contributed by atoms with E-state index in [9.17, 15) is 4.79 Å². The van der Waals surface area contributed by atoms with Crippen molar-refractivity contribution in [2.75, 3.05) is 12.4 Å². The number of hydrogen-bond acceptors (Lipinski definition) is 4. The van der Waals surface area contributed by atoms with Crippen molar-refractivity contribution in [3.8, 4) is 5.75 Å². The molecule has 1 amide bonds. The molecule has 0 aliphatic carbocycles. The van der Waals surface area contributed by atoms with Gasteiger partial charge in [-0.25, -0.2) is 4.98 Å². The summed E-state index contributed by atoms with van der Waals surface area (Å²) in [6, 6.07) is 3.53. The normalized spacial score (nSPS) is 10.6. The number of thiazole rings is 1. The number of ether oxygens (including phenoxy) is 1. The Bertz CT molecular complexity index is 698. The van der Waals surface area contributed by atoms with Crippen molar-refractivity contribution in [3.05, 3.63) is 38.3 Å². The molecule has 0 fully saturated rings. The molecule has 1 heterocycles. The number of hydrogen-bond donors (Lipinski definition) is 1. The Morgan fingerprint density at radius 2 is 2.09 bits per heavy atom. The van der Waals surface area contributed by atoms with Crippen molar-refractivity contribution in [2.45, 2.75) is 33.6 Å². The zero-order valence-electron chi connectivity index (χ0n) is 13.1. The van der Waals surface area contributed by atoms with E-state index >= 15 is 0 Å². The van der Waals surface area contributed by atoms with E-state index in [0.717, 1.165) is 21.1 Å². The maximum atomic E-state index is 12.2. The van der Waals surface area contributed by atoms with E-state index in [0.29, 0.717) is 29.3 Å². The molecule has 4 nitrogen and oxygen atoms in total. The number of halogens is 1. The van der Waals surface area contributed by atoms with Crippen molar-refractivity contribution in [1.29, 1.82) is 0 Å². The van der Waals surface area contributed by atoms with Gasteiger partial charge in [-0.1, -0.05) is 11.6 Å². The van der Waals surface area contributed by atoms with E-state index in [1.807, 2.05) is 26.8 Å². The molecule has 1 N–H and O–H groups in total. The molecule has 118 valence electrons. The molecule has 0 atom stereocenters. The predicted octanol–water partition coefficient (Wildman–Crippen LogP) is 4.30. The van der Waals surface area contributed by atoms with Crippen molar-refractivity contribution < 1.29 is 9.53 Å². The van der Waals surface area contributed by atoms with Crippen LogP contribution in [0.3, 0.4) is 0 Å². The highest BCUT2D eigenvalue weighted by atomic mass is 35.5. The average molecular weight is 339 g/mol. The van der Waals surface area contributed by atoms with Crippen LogP contribution in [-0.4, -0.2) is 18.0 Å². The van der Waals surface area contributed by atoms with Gasteiger partial charge in [0.05, 0.1) is 23.5 Å². The molecule has 0 saturated heterocycles. The maximum absolute atomic E-state index is 12.2. The number of rotatable bonds is 5. The minimum atomic E-state index is -0.0505. The summed E-state index contributed by atoms with van der Waals surface area (Å²) in [7, 11) is 1.56. The van der Waals surface area contributed by atoms with E-state index < -0.39 is 0 Å². The van der Waals surface area contributed by atoms with E-state index in [4.69, 9.17) is 16.3 Å². The van der Waals surface area contributed by atoms with Crippen LogP contribution in [-0.2, 0) is 11.2 Å². The number of nitrogens with one attached hydrogen (secondary N) is 1. The highest BCUT2D eigenvalue weighted by molar-refractivity contribution is 7.11.